The quantitative estimate of drug-likeness (QED) is 0.868. The second-order valence-electron chi connectivity index (χ2n) is 7.56. The summed E-state index contributed by atoms with van der Waals surface area (Å²) in [6.07, 6.45) is 5.41. The molecule has 0 amide bonds. The van der Waals surface area contributed by atoms with Gasteiger partial charge in [-0.05, 0) is 48.9 Å². The highest BCUT2D eigenvalue weighted by atomic mass is 35.5. The van der Waals surface area contributed by atoms with E-state index in [0.717, 1.165) is 22.6 Å². The van der Waals surface area contributed by atoms with Gasteiger partial charge < -0.3 is 14.9 Å². The summed E-state index contributed by atoms with van der Waals surface area (Å²) in [4.78, 5) is 8.57. The first kappa shape index (κ1) is 18.7. The van der Waals surface area contributed by atoms with Crippen molar-refractivity contribution in [2.24, 2.45) is 0 Å². The van der Waals surface area contributed by atoms with Crippen molar-refractivity contribution in [1.29, 1.82) is 0 Å². The molecule has 5 heteroatoms. The van der Waals surface area contributed by atoms with Gasteiger partial charge in [-0.25, -0.2) is 0 Å². The lowest BCUT2D eigenvalue weighted by Gasteiger charge is -2.34. The third-order valence-electron chi connectivity index (χ3n) is 5.11. The Balaban J connectivity index is 1.95. The van der Waals surface area contributed by atoms with Crippen LogP contribution in [0.1, 0.15) is 32.0 Å². The molecule has 1 aromatic carbocycles. The van der Waals surface area contributed by atoms with Gasteiger partial charge in [0.2, 0.25) is 0 Å². The molecule has 4 nitrogen and oxygen atoms in total. The van der Waals surface area contributed by atoms with Gasteiger partial charge in [-0.2, -0.15) is 0 Å². The highest BCUT2D eigenvalue weighted by molar-refractivity contribution is 6.30. The second-order valence-corrected chi connectivity index (χ2v) is 8.00. The number of hydrogen-bond acceptors (Lipinski definition) is 4. The van der Waals surface area contributed by atoms with Crippen LogP contribution in [-0.2, 0) is 5.41 Å². The fourth-order valence-corrected chi connectivity index (χ4v) is 3.80. The maximum absolute atomic E-state index is 10.4. The van der Waals surface area contributed by atoms with Crippen LogP contribution < -0.4 is 9.80 Å². The summed E-state index contributed by atoms with van der Waals surface area (Å²) in [6.45, 7) is 6.16. The van der Waals surface area contributed by atoms with Crippen molar-refractivity contribution in [3.8, 4) is 0 Å². The number of aromatic nitrogens is 1. The monoisotopic (exact) mass is 371 g/mol. The Bertz CT molecular complexity index is 813. The molecular formula is C21H26ClN3O. The van der Waals surface area contributed by atoms with E-state index in [0.29, 0.717) is 5.02 Å². The first-order valence-electron chi connectivity index (χ1n) is 8.80. The fourth-order valence-electron chi connectivity index (χ4n) is 3.62. The summed E-state index contributed by atoms with van der Waals surface area (Å²) < 4.78 is 0. The summed E-state index contributed by atoms with van der Waals surface area (Å²) in [7, 11) is 3.99. The fraction of sp³-hybridized carbons (Fsp3) is 0.381. The largest absolute Gasteiger partial charge is 0.376 e. The minimum atomic E-state index is -0.601. The van der Waals surface area contributed by atoms with Gasteiger partial charge in [0.15, 0.2) is 0 Å². The molecule has 3 rings (SSSR count). The van der Waals surface area contributed by atoms with Crippen LogP contribution >= 0.6 is 11.6 Å². The molecule has 1 aliphatic rings. The third kappa shape index (κ3) is 3.31. The zero-order valence-electron chi connectivity index (χ0n) is 15.9. The predicted molar refractivity (Wildman–Crippen MR) is 110 cm³/mol. The second kappa shape index (κ2) is 6.93. The van der Waals surface area contributed by atoms with Crippen molar-refractivity contribution in [3.63, 3.8) is 0 Å². The van der Waals surface area contributed by atoms with Gasteiger partial charge in [0.1, 0.15) is 6.23 Å². The molecule has 0 saturated heterocycles. The number of benzene rings is 1. The molecule has 0 aliphatic carbocycles. The number of hydrogen-bond donors (Lipinski definition) is 1. The van der Waals surface area contributed by atoms with E-state index in [1.165, 1.54) is 0 Å². The van der Waals surface area contributed by atoms with Gasteiger partial charge in [-0.3, -0.25) is 4.98 Å². The molecule has 2 heterocycles. The van der Waals surface area contributed by atoms with E-state index < -0.39 is 6.23 Å². The van der Waals surface area contributed by atoms with E-state index in [1.807, 2.05) is 66.5 Å². The molecule has 2 unspecified atom stereocenters. The molecule has 0 saturated carbocycles. The van der Waals surface area contributed by atoms with Gasteiger partial charge in [0.05, 0.1) is 23.6 Å². The smallest absolute Gasteiger partial charge is 0.124 e. The van der Waals surface area contributed by atoms with Gasteiger partial charge in [-0.1, -0.05) is 31.5 Å². The number of aliphatic hydroxyl groups excluding tert-OH is 1. The van der Waals surface area contributed by atoms with Gasteiger partial charge in [0.25, 0.3) is 0 Å². The van der Waals surface area contributed by atoms with Crippen LogP contribution in [0.25, 0.3) is 6.08 Å². The number of halogens is 1. The Kier molecular flexibility index (Phi) is 5.00. The summed E-state index contributed by atoms with van der Waals surface area (Å²) in [6, 6.07) is 9.93. The molecule has 0 radical (unpaired) electrons. The van der Waals surface area contributed by atoms with Crippen molar-refractivity contribution >= 4 is 29.1 Å². The Labute approximate surface area is 160 Å². The Hall–Kier alpha value is -2.04. The van der Waals surface area contributed by atoms with Gasteiger partial charge >= 0.3 is 0 Å². The van der Waals surface area contributed by atoms with Gasteiger partial charge in [-0.15, -0.1) is 0 Å². The van der Waals surface area contributed by atoms with Crippen molar-refractivity contribution in [2.45, 2.75) is 38.5 Å². The van der Waals surface area contributed by atoms with E-state index in [1.54, 1.807) is 6.92 Å². The van der Waals surface area contributed by atoms with Crippen LogP contribution in [-0.4, -0.2) is 36.5 Å². The average molecular weight is 372 g/mol. The summed E-state index contributed by atoms with van der Waals surface area (Å²) in [5.74, 6) is 0. The first-order chi connectivity index (χ1) is 12.2. The number of nitrogens with zero attached hydrogens (tertiary/aromatic N) is 3. The van der Waals surface area contributed by atoms with Crippen LogP contribution in [0, 0.1) is 0 Å². The van der Waals surface area contributed by atoms with E-state index in [2.05, 4.69) is 24.9 Å². The van der Waals surface area contributed by atoms with Crippen LogP contribution in [0.5, 0.6) is 0 Å². The van der Waals surface area contributed by atoms with Crippen molar-refractivity contribution < 1.29 is 5.11 Å². The number of rotatable bonds is 4. The lowest BCUT2D eigenvalue weighted by molar-refractivity contribution is 0.177. The molecule has 2 atom stereocenters. The first-order valence-corrected chi connectivity index (χ1v) is 9.17. The lowest BCUT2D eigenvalue weighted by Crippen LogP contribution is -2.44. The zero-order valence-corrected chi connectivity index (χ0v) is 16.7. The SMILES string of the molecule is CC(O)N1c2ccc(Cl)cc2C(C)(C)C1C=Cc1ccc(N(C)C)cn1. The Morgan fingerprint density at radius 3 is 2.58 bits per heavy atom. The standard InChI is InChI=1S/C21H26ClN3O/c1-14(26)25-19-10-6-15(22)12-18(19)21(2,3)20(25)11-8-16-7-9-17(13-23-16)24(4)5/h6-14,20,26H,1-5H3. The summed E-state index contributed by atoms with van der Waals surface area (Å²) in [5.41, 5.74) is 3.95. The molecule has 0 bridgehead atoms. The minimum Gasteiger partial charge on any atom is -0.376 e. The van der Waals surface area contributed by atoms with Crippen molar-refractivity contribution in [1.82, 2.24) is 4.98 Å². The highest BCUT2D eigenvalue weighted by Gasteiger charge is 2.44. The molecule has 1 N–H and O–H groups in total. The molecule has 1 aliphatic heterocycles. The molecule has 2 aromatic rings. The number of fused-ring (bicyclic) bond motifs is 1. The molecule has 26 heavy (non-hydrogen) atoms. The Morgan fingerprint density at radius 2 is 2.00 bits per heavy atom. The molecule has 0 spiro atoms. The average Bonchev–Trinajstić information content (AvgIpc) is 2.80. The van der Waals surface area contributed by atoms with Crippen molar-refractivity contribution in [2.75, 3.05) is 23.9 Å². The molecular weight excluding hydrogens is 346 g/mol. The van der Waals surface area contributed by atoms with Gasteiger partial charge in [0, 0.05) is 30.2 Å². The molecule has 138 valence electrons. The van der Waals surface area contributed by atoms with E-state index >= 15 is 0 Å². The van der Waals surface area contributed by atoms with E-state index in [-0.39, 0.29) is 11.5 Å². The minimum absolute atomic E-state index is 0.00583. The number of aliphatic hydroxyl groups is 1. The van der Waals surface area contributed by atoms with E-state index in [9.17, 15) is 5.11 Å². The number of pyridine rings is 1. The summed E-state index contributed by atoms with van der Waals surface area (Å²) >= 11 is 6.23. The van der Waals surface area contributed by atoms with Crippen molar-refractivity contribution in [3.05, 3.63) is 58.9 Å². The maximum atomic E-state index is 10.4. The predicted octanol–water partition coefficient (Wildman–Crippen LogP) is 4.32. The topological polar surface area (TPSA) is 39.6 Å². The zero-order chi connectivity index (χ0) is 19.1. The lowest BCUT2D eigenvalue weighted by atomic mass is 9.80. The Morgan fingerprint density at radius 1 is 1.27 bits per heavy atom. The van der Waals surface area contributed by atoms with Crippen LogP contribution in [0.4, 0.5) is 11.4 Å². The van der Waals surface area contributed by atoms with Crippen LogP contribution in [0.2, 0.25) is 5.02 Å². The normalized spacial score (nSPS) is 19.7. The molecule has 1 aromatic heterocycles. The van der Waals surface area contributed by atoms with Crippen LogP contribution in [0.15, 0.2) is 42.6 Å². The number of anilines is 2. The third-order valence-corrected chi connectivity index (χ3v) is 5.34. The molecule has 0 fully saturated rings. The van der Waals surface area contributed by atoms with Crippen LogP contribution in [0.3, 0.4) is 0 Å². The highest BCUT2D eigenvalue weighted by Crippen LogP contribution is 2.47. The maximum Gasteiger partial charge on any atom is 0.124 e. The van der Waals surface area contributed by atoms with E-state index in [4.69, 9.17) is 11.6 Å². The summed E-state index contributed by atoms with van der Waals surface area (Å²) in [5, 5.41) is 11.1.